The number of hydrogen-bond donors (Lipinski definition) is 3. The maximum atomic E-state index is 12.3. The highest BCUT2D eigenvalue weighted by atomic mass is 16.5. The summed E-state index contributed by atoms with van der Waals surface area (Å²) in [6.45, 7) is 2.79. The van der Waals surface area contributed by atoms with E-state index in [0.29, 0.717) is 31.8 Å². The Morgan fingerprint density at radius 2 is 2.16 bits per heavy atom. The first kappa shape index (κ1) is 18.6. The third kappa shape index (κ3) is 5.37. The van der Waals surface area contributed by atoms with Crippen molar-refractivity contribution in [1.82, 2.24) is 10.2 Å². The minimum atomic E-state index is -0.805. The molecule has 0 spiro atoms. The van der Waals surface area contributed by atoms with Gasteiger partial charge in [-0.05, 0) is 30.0 Å². The Balaban J connectivity index is 1.85. The molecule has 3 amide bonds. The van der Waals surface area contributed by atoms with Crippen molar-refractivity contribution < 1.29 is 24.2 Å². The normalized spacial score (nSPS) is 20.0. The molecule has 1 aliphatic heterocycles. The van der Waals surface area contributed by atoms with Crippen molar-refractivity contribution in [2.75, 3.05) is 19.7 Å². The predicted molar refractivity (Wildman–Crippen MR) is 89.8 cm³/mol. The fraction of sp³-hybridized carbons (Fsp3) is 0.471. The molecule has 0 saturated carbocycles. The number of piperidine rings is 1. The molecule has 1 heterocycles. The molecule has 2 unspecified atom stereocenters. The highest BCUT2D eigenvalue weighted by molar-refractivity contribution is 5.76. The van der Waals surface area contributed by atoms with Crippen molar-refractivity contribution in [2.24, 2.45) is 17.6 Å². The summed E-state index contributed by atoms with van der Waals surface area (Å²) < 4.78 is 5.23. The molecule has 8 heteroatoms. The van der Waals surface area contributed by atoms with Crippen LogP contribution >= 0.6 is 0 Å². The summed E-state index contributed by atoms with van der Waals surface area (Å²) >= 11 is 0. The van der Waals surface area contributed by atoms with Crippen LogP contribution in [0.15, 0.2) is 24.3 Å². The number of carboxylic acid groups (broad SMARTS) is 1. The highest BCUT2D eigenvalue weighted by Crippen LogP contribution is 2.23. The second kappa shape index (κ2) is 8.36. The van der Waals surface area contributed by atoms with E-state index in [1.54, 1.807) is 23.1 Å². The summed E-state index contributed by atoms with van der Waals surface area (Å²) in [6, 6.07) is 6.79. The molecule has 1 aromatic carbocycles. The Hall–Kier alpha value is -2.77. The van der Waals surface area contributed by atoms with Crippen LogP contribution in [0.2, 0.25) is 0 Å². The van der Waals surface area contributed by atoms with E-state index in [-0.39, 0.29) is 18.6 Å². The van der Waals surface area contributed by atoms with Crippen molar-refractivity contribution >= 4 is 17.9 Å². The number of nitrogens with one attached hydrogen (secondary N) is 1. The first-order valence-corrected chi connectivity index (χ1v) is 8.12. The molecule has 25 heavy (non-hydrogen) atoms. The minimum Gasteiger partial charge on any atom is -0.484 e. The lowest BCUT2D eigenvalue weighted by Crippen LogP contribution is -2.48. The molecule has 8 nitrogen and oxygen atoms in total. The molecule has 1 aromatic rings. The number of rotatable bonds is 6. The summed E-state index contributed by atoms with van der Waals surface area (Å²) in [5.74, 6) is -1.34. The molecule has 4 N–H and O–H groups in total. The number of carbonyl (C=O) groups is 3. The molecule has 2 rings (SSSR count). The van der Waals surface area contributed by atoms with Crippen molar-refractivity contribution in [1.29, 1.82) is 0 Å². The Bertz CT molecular complexity index is 649. The zero-order valence-corrected chi connectivity index (χ0v) is 14.1. The number of nitrogens with two attached hydrogens (primary N) is 1. The van der Waals surface area contributed by atoms with E-state index in [1.165, 1.54) is 0 Å². The van der Waals surface area contributed by atoms with Gasteiger partial charge in [0.05, 0.1) is 5.92 Å². The summed E-state index contributed by atoms with van der Waals surface area (Å²) in [6.07, 6.45) is 0.459. The Kier molecular flexibility index (Phi) is 6.21. The third-order valence-electron chi connectivity index (χ3n) is 4.23. The summed E-state index contributed by atoms with van der Waals surface area (Å²) in [7, 11) is 0. The second-order valence-electron chi connectivity index (χ2n) is 6.22. The van der Waals surface area contributed by atoms with Gasteiger partial charge < -0.3 is 25.8 Å². The molecule has 1 aliphatic rings. The van der Waals surface area contributed by atoms with Gasteiger partial charge in [0.2, 0.25) is 0 Å². The minimum absolute atomic E-state index is 0.0810. The highest BCUT2D eigenvalue weighted by Gasteiger charge is 2.32. The van der Waals surface area contributed by atoms with E-state index in [1.807, 2.05) is 13.0 Å². The molecule has 136 valence electrons. The lowest BCUT2D eigenvalue weighted by Gasteiger charge is -2.34. The molecule has 0 radical (unpaired) electrons. The summed E-state index contributed by atoms with van der Waals surface area (Å²) in [4.78, 5) is 35.8. The van der Waals surface area contributed by atoms with E-state index < -0.39 is 17.8 Å². The quantitative estimate of drug-likeness (QED) is 0.701. The Labute approximate surface area is 145 Å². The Morgan fingerprint density at radius 1 is 1.40 bits per heavy atom. The van der Waals surface area contributed by atoms with Gasteiger partial charge in [-0.2, -0.15) is 0 Å². The number of carboxylic acids is 1. The standard InChI is InChI=1S/C17H23N3O5/c1-11-9-20(6-5-14(11)16(22)23)17(24)19-8-12-3-2-4-13(7-12)25-10-15(18)21/h2-4,7,11,14H,5-6,8-10H2,1H3,(H2,18,21)(H,19,24)(H,22,23). The number of hydrogen-bond acceptors (Lipinski definition) is 4. The number of carbonyl (C=O) groups excluding carboxylic acids is 2. The van der Waals surface area contributed by atoms with E-state index >= 15 is 0 Å². The van der Waals surface area contributed by atoms with Crippen molar-refractivity contribution in [2.45, 2.75) is 19.9 Å². The van der Waals surface area contributed by atoms with Gasteiger partial charge in [0, 0.05) is 19.6 Å². The lowest BCUT2D eigenvalue weighted by atomic mass is 9.87. The topological polar surface area (TPSA) is 122 Å². The van der Waals surface area contributed by atoms with Crippen LogP contribution in [0.4, 0.5) is 4.79 Å². The van der Waals surface area contributed by atoms with E-state index in [2.05, 4.69) is 5.32 Å². The van der Waals surface area contributed by atoms with Gasteiger partial charge in [-0.3, -0.25) is 9.59 Å². The fourth-order valence-electron chi connectivity index (χ4n) is 2.89. The average Bonchev–Trinajstić information content (AvgIpc) is 2.57. The van der Waals surface area contributed by atoms with Crippen LogP contribution in [-0.2, 0) is 16.1 Å². The molecule has 1 fully saturated rings. The van der Waals surface area contributed by atoms with E-state index in [4.69, 9.17) is 15.6 Å². The smallest absolute Gasteiger partial charge is 0.317 e. The molecule has 2 atom stereocenters. The molecule has 0 aromatic heterocycles. The van der Waals surface area contributed by atoms with Crippen LogP contribution in [0.5, 0.6) is 5.75 Å². The van der Waals surface area contributed by atoms with Gasteiger partial charge in [-0.25, -0.2) is 4.79 Å². The Morgan fingerprint density at radius 3 is 2.80 bits per heavy atom. The SMILES string of the molecule is CC1CN(C(=O)NCc2cccc(OCC(N)=O)c2)CCC1C(=O)O. The number of nitrogens with zero attached hydrogens (tertiary/aromatic N) is 1. The largest absolute Gasteiger partial charge is 0.484 e. The van der Waals surface area contributed by atoms with Gasteiger partial charge in [-0.15, -0.1) is 0 Å². The number of likely N-dealkylation sites (tertiary alicyclic amines) is 1. The molecular formula is C17H23N3O5. The number of primary amides is 1. The first-order valence-electron chi connectivity index (χ1n) is 8.12. The van der Waals surface area contributed by atoms with Gasteiger partial charge in [0.1, 0.15) is 5.75 Å². The number of urea groups is 1. The molecular weight excluding hydrogens is 326 g/mol. The summed E-state index contributed by atoms with van der Waals surface area (Å²) in [5, 5.41) is 11.9. The third-order valence-corrected chi connectivity index (χ3v) is 4.23. The average molecular weight is 349 g/mol. The maximum absolute atomic E-state index is 12.3. The van der Waals surface area contributed by atoms with Crippen molar-refractivity contribution in [3.05, 3.63) is 29.8 Å². The number of amides is 3. The molecule has 0 bridgehead atoms. The van der Waals surface area contributed by atoms with Crippen LogP contribution < -0.4 is 15.8 Å². The van der Waals surface area contributed by atoms with Crippen LogP contribution in [0.1, 0.15) is 18.9 Å². The van der Waals surface area contributed by atoms with Crippen LogP contribution in [0, 0.1) is 11.8 Å². The predicted octanol–water partition coefficient (Wildman–Crippen LogP) is 0.803. The first-order chi connectivity index (χ1) is 11.9. The molecule has 1 saturated heterocycles. The fourth-order valence-corrected chi connectivity index (χ4v) is 2.89. The van der Waals surface area contributed by atoms with Gasteiger partial charge in [-0.1, -0.05) is 19.1 Å². The summed E-state index contributed by atoms with van der Waals surface area (Å²) in [5.41, 5.74) is 5.86. The number of aliphatic carboxylic acids is 1. The number of benzene rings is 1. The van der Waals surface area contributed by atoms with Crippen molar-refractivity contribution in [3.8, 4) is 5.75 Å². The van der Waals surface area contributed by atoms with Crippen LogP contribution in [0.25, 0.3) is 0 Å². The van der Waals surface area contributed by atoms with Crippen LogP contribution in [0.3, 0.4) is 0 Å². The maximum Gasteiger partial charge on any atom is 0.317 e. The van der Waals surface area contributed by atoms with Gasteiger partial charge in [0.25, 0.3) is 5.91 Å². The molecule has 0 aliphatic carbocycles. The van der Waals surface area contributed by atoms with Crippen molar-refractivity contribution in [3.63, 3.8) is 0 Å². The van der Waals surface area contributed by atoms with E-state index in [9.17, 15) is 14.4 Å². The lowest BCUT2D eigenvalue weighted by molar-refractivity contribution is -0.145. The zero-order valence-electron chi connectivity index (χ0n) is 14.1. The zero-order chi connectivity index (χ0) is 18.4. The number of ether oxygens (including phenoxy) is 1. The second-order valence-corrected chi connectivity index (χ2v) is 6.22. The van der Waals surface area contributed by atoms with Crippen LogP contribution in [-0.4, -0.2) is 47.6 Å². The van der Waals surface area contributed by atoms with Gasteiger partial charge in [0.15, 0.2) is 6.61 Å². The van der Waals surface area contributed by atoms with Gasteiger partial charge >= 0.3 is 12.0 Å². The monoisotopic (exact) mass is 349 g/mol. The van der Waals surface area contributed by atoms with E-state index in [0.717, 1.165) is 5.56 Å².